The summed E-state index contributed by atoms with van der Waals surface area (Å²) in [6.45, 7) is 0.250. The fraction of sp³-hybridized carbons (Fsp3) is 0.286. The van der Waals surface area contributed by atoms with Crippen molar-refractivity contribution in [1.82, 2.24) is 9.88 Å². The quantitative estimate of drug-likeness (QED) is 0.542. The minimum atomic E-state index is -4.48. The molecule has 11 heteroatoms. The highest BCUT2D eigenvalue weighted by Crippen LogP contribution is 2.37. The third kappa shape index (κ3) is 4.35. The first-order valence-corrected chi connectivity index (χ1v) is 9.84. The van der Waals surface area contributed by atoms with Gasteiger partial charge in [0.1, 0.15) is 6.54 Å². The number of quaternary nitrogens is 1. The molecule has 1 atom stereocenters. The van der Waals surface area contributed by atoms with Crippen molar-refractivity contribution in [3.63, 3.8) is 0 Å². The normalized spacial score (nSPS) is 20.9. The average Bonchev–Trinajstić information content (AvgIpc) is 3.10. The van der Waals surface area contributed by atoms with E-state index in [4.69, 9.17) is 5.73 Å². The van der Waals surface area contributed by atoms with Gasteiger partial charge in [-0.3, -0.25) is 4.98 Å². The van der Waals surface area contributed by atoms with Crippen LogP contribution in [0.25, 0.3) is 11.3 Å². The van der Waals surface area contributed by atoms with E-state index in [0.717, 1.165) is 0 Å². The van der Waals surface area contributed by atoms with Gasteiger partial charge in [0.25, 0.3) is 0 Å². The number of rotatable bonds is 5. The van der Waals surface area contributed by atoms with Gasteiger partial charge in [-0.1, -0.05) is 35.4 Å². The van der Waals surface area contributed by atoms with Crippen molar-refractivity contribution >= 4 is 23.1 Å². The Morgan fingerprint density at radius 3 is 2.56 bits per heavy atom. The second-order valence-electron chi connectivity index (χ2n) is 7.63. The molecular formula is C21H21F3N6O2. The van der Waals surface area contributed by atoms with E-state index >= 15 is 0 Å². The van der Waals surface area contributed by atoms with E-state index < -0.39 is 30.6 Å². The van der Waals surface area contributed by atoms with Gasteiger partial charge in [-0.15, -0.1) is 0 Å². The van der Waals surface area contributed by atoms with Gasteiger partial charge in [-0.05, 0) is 24.6 Å². The van der Waals surface area contributed by atoms with E-state index in [1.54, 1.807) is 31.2 Å². The van der Waals surface area contributed by atoms with Gasteiger partial charge in [0.15, 0.2) is 6.67 Å². The summed E-state index contributed by atoms with van der Waals surface area (Å²) in [5, 5.41) is 26.8. The predicted octanol–water partition coefficient (Wildman–Crippen LogP) is 2.93. The molecule has 2 aliphatic heterocycles. The fourth-order valence-corrected chi connectivity index (χ4v) is 3.70. The molecule has 0 radical (unpaired) electrons. The van der Waals surface area contributed by atoms with Crippen molar-refractivity contribution in [3.05, 3.63) is 70.2 Å². The lowest BCUT2D eigenvalue weighted by molar-refractivity contribution is -0.888. The van der Waals surface area contributed by atoms with Crippen molar-refractivity contribution in [2.24, 2.45) is 15.8 Å². The first-order valence-electron chi connectivity index (χ1n) is 9.84. The molecule has 0 amide bonds. The van der Waals surface area contributed by atoms with E-state index in [2.05, 4.69) is 15.1 Å². The number of hydrogen-bond acceptors (Lipinski definition) is 7. The van der Waals surface area contributed by atoms with Crippen molar-refractivity contribution < 1.29 is 23.0 Å². The number of hydroxylamine groups is 2. The smallest absolute Gasteiger partial charge is 0.394 e. The number of pyridine rings is 1. The van der Waals surface area contributed by atoms with Gasteiger partial charge in [0.05, 0.1) is 30.0 Å². The van der Waals surface area contributed by atoms with E-state index in [-0.39, 0.29) is 18.4 Å². The number of aromatic nitrogens is 1. The Labute approximate surface area is 182 Å². The number of nitrogens with two attached hydrogens (primary N) is 1. The standard InChI is InChI=1S/C21H21F3N6O2/c1-13-9-15(10-16(11-31)26-13)17-18(14-5-3-2-4-6-14)27-20(25)29-12-30(32,28-19(17)29)8-7-21(22,23)24/h2-6,9-10,31H,7-8,11-12H2,1H3,(H2,25,27). The van der Waals surface area contributed by atoms with E-state index in [1.807, 2.05) is 18.2 Å². The molecule has 0 fully saturated rings. The zero-order chi connectivity index (χ0) is 23.1. The summed E-state index contributed by atoms with van der Waals surface area (Å²) in [5.41, 5.74) is 9.25. The van der Waals surface area contributed by atoms with Crippen LogP contribution in [-0.4, -0.2) is 50.9 Å². The van der Waals surface area contributed by atoms with Gasteiger partial charge in [-0.2, -0.15) is 13.2 Å². The zero-order valence-corrected chi connectivity index (χ0v) is 17.2. The zero-order valence-electron chi connectivity index (χ0n) is 17.2. The van der Waals surface area contributed by atoms with Crippen molar-refractivity contribution in [1.29, 1.82) is 0 Å². The summed E-state index contributed by atoms with van der Waals surface area (Å²) < 4.78 is 36.9. The minimum Gasteiger partial charge on any atom is -0.603 e. The number of alkyl halides is 3. The summed E-state index contributed by atoms with van der Waals surface area (Å²) >= 11 is 0. The molecule has 4 rings (SSSR count). The lowest BCUT2D eigenvalue weighted by Crippen LogP contribution is -2.48. The van der Waals surface area contributed by atoms with Crippen LogP contribution in [0.4, 0.5) is 13.2 Å². The minimum absolute atomic E-state index is 0.0256. The fourth-order valence-electron chi connectivity index (χ4n) is 3.70. The van der Waals surface area contributed by atoms with E-state index in [1.165, 1.54) is 4.90 Å². The molecule has 8 nitrogen and oxygen atoms in total. The van der Waals surface area contributed by atoms with Crippen LogP contribution in [-0.2, 0) is 6.61 Å². The summed E-state index contributed by atoms with van der Waals surface area (Å²) in [5.74, 6) is 0.116. The number of guanidine groups is 1. The number of fused-ring (bicyclic) bond motifs is 1. The summed E-state index contributed by atoms with van der Waals surface area (Å²) in [7, 11) is 0. The molecule has 32 heavy (non-hydrogen) atoms. The third-order valence-corrected chi connectivity index (χ3v) is 5.11. The summed E-state index contributed by atoms with van der Waals surface area (Å²) in [6.07, 6.45) is -5.75. The van der Waals surface area contributed by atoms with Crippen molar-refractivity contribution in [3.8, 4) is 0 Å². The molecule has 1 unspecified atom stereocenters. The Balaban J connectivity index is 1.91. The molecule has 3 heterocycles. The first kappa shape index (κ1) is 21.9. The van der Waals surface area contributed by atoms with Gasteiger partial charge in [-0.25, -0.2) is 14.6 Å². The van der Waals surface area contributed by atoms with Crippen molar-refractivity contribution in [2.45, 2.75) is 26.1 Å². The maximum Gasteiger partial charge on any atom is 0.394 e. The van der Waals surface area contributed by atoms with Crippen LogP contribution in [0.5, 0.6) is 0 Å². The highest BCUT2D eigenvalue weighted by molar-refractivity contribution is 6.35. The van der Waals surface area contributed by atoms with E-state index in [0.29, 0.717) is 33.8 Å². The number of aliphatic hydroxyl groups is 1. The Hall–Kier alpha value is -3.28. The number of halogens is 3. The van der Waals surface area contributed by atoms with Crippen LogP contribution < -0.4 is 5.73 Å². The molecule has 168 valence electrons. The molecule has 0 saturated heterocycles. The maximum atomic E-state index is 13.1. The maximum absolute atomic E-state index is 13.1. The molecule has 1 aromatic heterocycles. The average molecular weight is 446 g/mol. The number of aryl methyl sites for hydroxylation is 1. The highest BCUT2D eigenvalue weighted by Gasteiger charge is 2.43. The second kappa shape index (κ2) is 8.01. The Kier molecular flexibility index (Phi) is 5.49. The number of nitrogens with zero attached hydrogens (tertiary/aromatic N) is 5. The molecule has 3 N–H and O–H groups in total. The van der Waals surface area contributed by atoms with Gasteiger partial charge in [0, 0.05) is 11.3 Å². The molecule has 1 aromatic carbocycles. The number of aliphatic hydroxyl groups excluding tert-OH is 1. The Bertz CT molecular complexity index is 1130. The number of benzene rings is 1. The molecule has 2 aliphatic rings. The monoisotopic (exact) mass is 446 g/mol. The second-order valence-corrected chi connectivity index (χ2v) is 7.63. The lowest BCUT2D eigenvalue weighted by atomic mass is 9.96. The van der Waals surface area contributed by atoms with Crippen LogP contribution in [0.2, 0.25) is 0 Å². The van der Waals surface area contributed by atoms with Gasteiger partial charge in [0.2, 0.25) is 11.8 Å². The van der Waals surface area contributed by atoms with Crippen LogP contribution in [0.1, 0.15) is 28.9 Å². The molecule has 0 saturated carbocycles. The Morgan fingerprint density at radius 1 is 1.19 bits per heavy atom. The predicted molar refractivity (Wildman–Crippen MR) is 113 cm³/mol. The third-order valence-electron chi connectivity index (χ3n) is 5.11. The first-order chi connectivity index (χ1) is 15.1. The molecular weight excluding hydrogens is 425 g/mol. The lowest BCUT2D eigenvalue weighted by Gasteiger charge is -2.33. The topological polar surface area (TPSA) is 110 Å². The van der Waals surface area contributed by atoms with Crippen LogP contribution in [0.3, 0.4) is 0 Å². The SMILES string of the molecule is Cc1cc(C2=C(c3ccccc3)N=C(N)N3C[N+]([O-])(CCC(F)(F)F)N=C23)cc(CO)n1. The summed E-state index contributed by atoms with van der Waals surface area (Å²) in [6, 6.07) is 12.4. The highest BCUT2D eigenvalue weighted by atomic mass is 19.4. The summed E-state index contributed by atoms with van der Waals surface area (Å²) in [4.78, 5) is 10.1. The number of hydrogen-bond donors (Lipinski definition) is 2. The number of amidine groups is 1. The molecule has 2 aromatic rings. The number of aliphatic imine (C=N–C) groups is 1. The molecule has 0 aliphatic carbocycles. The van der Waals surface area contributed by atoms with Crippen molar-refractivity contribution in [2.75, 3.05) is 13.2 Å². The van der Waals surface area contributed by atoms with Gasteiger partial charge >= 0.3 is 6.18 Å². The van der Waals surface area contributed by atoms with Crippen LogP contribution in [0, 0.1) is 12.1 Å². The van der Waals surface area contributed by atoms with Crippen LogP contribution >= 0.6 is 0 Å². The van der Waals surface area contributed by atoms with E-state index in [9.17, 15) is 23.5 Å². The largest absolute Gasteiger partial charge is 0.603 e. The molecule has 0 spiro atoms. The Morgan fingerprint density at radius 2 is 1.91 bits per heavy atom. The van der Waals surface area contributed by atoms with Crippen LogP contribution in [0.15, 0.2) is 52.6 Å². The molecule has 0 bridgehead atoms. The van der Waals surface area contributed by atoms with Gasteiger partial charge < -0.3 is 16.0 Å².